The number of benzene rings is 2. The summed E-state index contributed by atoms with van der Waals surface area (Å²) in [5, 5.41) is 4.39. The molecule has 0 N–H and O–H groups in total. The zero-order valence-electron chi connectivity index (χ0n) is 15.3. The maximum Gasteiger partial charge on any atom is 0.274 e. The predicted octanol–water partition coefficient (Wildman–Crippen LogP) is 3.15. The van der Waals surface area contributed by atoms with Crippen molar-refractivity contribution in [2.75, 3.05) is 13.3 Å². The molecule has 0 aliphatic carbocycles. The van der Waals surface area contributed by atoms with Crippen LogP contribution in [0.5, 0.6) is 11.5 Å². The summed E-state index contributed by atoms with van der Waals surface area (Å²) in [7, 11) is 1.78. The highest BCUT2D eigenvalue weighted by Crippen LogP contribution is 2.37. The van der Waals surface area contributed by atoms with Gasteiger partial charge >= 0.3 is 0 Å². The Kier molecular flexibility index (Phi) is 3.82. The van der Waals surface area contributed by atoms with Gasteiger partial charge in [-0.2, -0.15) is 5.10 Å². The van der Waals surface area contributed by atoms with Crippen LogP contribution in [0.4, 0.5) is 4.39 Å². The summed E-state index contributed by atoms with van der Waals surface area (Å²) in [6.45, 7) is 1.36. The van der Waals surface area contributed by atoms with E-state index in [4.69, 9.17) is 9.47 Å². The first-order chi connectivity index (χ1) is 13.6. The standard InChI is InChI=1S/C21H18FN3O3/c1-24-18(13-2-4-16(22)5-3-13)10-17(23-24)21(26)25-7-6-14-8-19-20(28-12-27-19)9-15(14)11-25/h2-5,8-10H,6-7,11-12H2,1H3. The van der Waals surface area contributed by atoms with Gasteiger partial charge in [0, 0.05) is 20.1 Å². The maximum absolute atomic E-state index is 13.2. The minimum atomic E-state index is -0.296. The molecule has 0 atom stereocenters. The van der Waals surface area contributed by atoms with Gasteiger partial charge in [0.2, 0.25) is 6.79 Å². The van der Waals surface area contributed by atoms with E-state index >= 15 is 0 Å². The summed E-state index contributed by atoms with van der Waals surface area (Å²) in [5.41, 5.74) is 4.21. The van der Waals surface area contributed by atoms with E-state index in [2.05, 4.69) is 5.10 Å². The molecule has 0 saturated heterocycles. The van der Waals surface area contributed by atoms with Gasteiger partial charge in [0.1, 0.15) is 5.82 Å². The first-order valence-corrected chi connectivity index (χ1v) is 9.09. The molecule has 3 aromatic rings. The number of rotatable bonds is 2. The molecule has 6 nitrogen and oxygen atoms in total. The van der Waals surface area contributed by atoms with Gasteiger partial charge in [0.25, 0.3) is 5.91 Å². The van der Waals surface area contributed by atoms with Gasteiger partial charge in [0.15, 0.2) is 17.2 Å². The number of amides is 1. The fourth-order valence-electron chi connectivity index (χ4n) is 3.74. The monoisotopic (exact) mass is 379 g/mol. The highest BCUT2D eigenvalue weighted by molar-refractivity contribution is 5.93. The Bertz CT molecular complexity index is 1080. The van der Waals surface area contributed by atoms with E-state index < -0.39 is 0 Å². The third kappa shape index (κ3) is 2.79. The van der Waals surface area contributed by atoms with Crippen LogP contribution in [0.3, 0.4) is 0 Å². The van der Waals surface area contributed by atoms with Crippen LogP contribution in [0.2, 0.25) is 0 Å². The van der Waals surface area contributed by atoms with Crippen LogP contribution in [-0.2, 0) is 20.0 Å². The summed E-state index contributed by atoms with van der Waals surface area (Å²) >= 11 is 0. The summed E-state index contributed by atoms with van der Waals surface area (Å²) in [4.78, 5) is 14.8. The summed E-state index contributed by atoms with van der Waals surface area (Å²) < 4.78 is 25.7. The number of carbonyl (C=O) groups is 1. The van der Waals surface area contributed by atoms with Crippen molar-refractivity contribution < 1.29 is 18.7 Å². The molecular weight excluding hydrogens is 361 g/mol. The van der Waals surface area contributed by atoms with Gasteiger partial charge in [-0.3, -0.25) is 9.48 Å². The first kappa shape index (κ1) is 16.8. The third-order valence-corrected chi connectivity index (χ3v) is 5.23. The van der Waals surface area contributed by atoms with Crippen LogP contribution < -0.4 is 9.47 Å². The molecule has 2 aliphatic rings. The van der Waals surface area contributed by atoms with E-state index in [9.17, 15) is 9.18 Å². The molecule has 5 rings (SSSR count). The zero-order valence-corrected chi connectivity index (χ0v) is 15.3. The van der Waals surface area contributed by atoms with Crippen molar-refractivity contribution in [1.82, 2.24) is 14.7 Å². The minimum absolute atomic E-state index is 0.118. The fourth-order valence-corrected chi connectivity index (χ4v) is 3.74. The van der Waals surface area contributed by atoms with Gasteiger partial charge in [-0.15, -0.1) is 0 Å². The van der Waals surface area contributed by atoms with E-state index in [1.165, 1.54) is 17.7 Å². The van der Waals surface area contributed by atoms with E-state index in [0.717, 1.165) is 34.7 Å². The van der Waals surface area contributed by atoms with E-state index in [-0.39, 0.29) is 18.5 Å². The second-order valence-electron chi connectivity index (χ2n) is 7.00. The Morgan fingerprint density at radius 2 is 1.79 bits per heavy atom. The quantitative estimate of drug-likeness (QED) is 0.686. The first-order valence-electron chi connectivity index (χ1n) is 9.09. The van der Waals surface area contributed by atoms with Crippen molar-refractivity contribution in [3.8, 4) is 22.8 Å². The normalized spacial score (nSPS) is 14.9. The lowest BCUT2D eigenvalue weighted by atomic mass is 9.98. The number of aryl methyl sites for hydroxylation is 1. The number of ether oxygens (including phenoxy) is 2. The molecule has 142 valence electrons. The molecule has 0 saturated carbocycles. The fraction of sp³-hybridized carbons (Fsp3) is 0.238. The van der Waals surface area contributed by atoms with E-state index in [1.54, 1.807) is 34.8 Å². The van der Waals surface area contributed by atoms with Crippen molar-refractivity contribution >= 4 is 5.91 Å². The lowest BCUT2D eigenvalue weighted by Crippen LogP contribution is -2.36. The molecule has 0 unspecified atom stereocenters. The highest BCUT2D eigenvalue weighted by atomic mass is 19.1. The number of nitrogens with zero attached hydrogens (tertiary/aromatic N) is 3. The number of carbonyl (C=O) groups excluding carboxylic acids is 1. The SMILES string of the molecule is Cn1nc(C(=O)N2CCc3cc4c(cc3C2)OCO4)cc1-c1ccc(F)cc1. The molecule has 2 aromatic carbocycles. The molecule has 1 amide bonds. The summed E-state index contributed by atoms with van der Waals surface area (Å²) in [6, 6.07) is 11.9. The average Bonchev–Trinajstić information content (AvgIpc) is 3.32. The Hall–Kier alpha value is -3.35. The lowest BCUT2D eigenvalue weighted by Gasteiger charge is -2.28. The summed E-state index contributed by atoms with van der Waals surface area (Å²) in [5.74, 6) is 1.08. The van der Waals surface area contributed by atoms with Crippen LogP contribution >= 0.6 is 0 Å². The van der Waals surface area contributed by atoms with Gasteiger partial charge in [-0.1, -0.05) is 0 Å². The molecule has 0 bridgehead atoms. The predicted molar refractivity (Wildman–Crippen MR) is 99.6 cm³/mol. The maximum atomic E-state index is 13.2. The smallest absolute Gasteiger partial charge is 0.274 e. The van der Waals surface area contributed by atoms with Crippen molar-refractivity contribution in [2.24, 2.45) is 7.05 Å². The number of hydrogen-bond acceptors (Lipinski definition) is 4. The third-order valence-electron chi connectivity index (χ3n) is 5.23. The van der Waals surface area contributed by atoms with Crippen LogP contribution in [0, 0.1) is 5.82 Å². The van der Waals surface area contributed by atoms with Crippen LogP contribution in [0.15, 0.2) is 42.5 Å². The number of aromatic nitrogens is 2. The topological polar surface area (TPSA) is 56.6 Å². The van der Waals surface area contributed by atoms with Gasteiger partial charge in [0.05, 0.1) is 5.69 Å². The molecule has 2 aliphatic heterocycles. The van der Waals surface area contributed by atoms with Gasteiger partial charge < -0.3 is 14.4 Å². The van der Waals surface area contributed by atoms with Crippen molar-refractivity contribution in [3.63, 3.8) is 0 Å². The summed E-state index contributed by atoms with van der Waals surface area (Å²) in [6.07, 6.45) is 0.759. The number of fused-ring (bicyclic) bond motifs is 2. The number of hydrogen-bond donors (Lipinski definition) is 0. The molecule has 28 heavy (non-hydrogen) atoms. The second kappa shape index (κ2) is 6.37. The lowest BCUT2D eigenvalue weighted by molar-refractivity contribution is 0.0727. The Balaban J connectivity index is 1.40. The Labute approximate surface area is 161 Å². The number of halogens is 1. The van der Waals surface area contributed by atoms with Gasteiger partial charge in [-0.25, -0.2) is 4.39 Å². The van der Waals surface area contributed by atoms with Gasteiger partial charge in [-0.05, 0) is 65.6 Å². The molecule has 1 aromatic heterocycles. The van der Waals surface area contributed by atoms with Crippen LogP contribution in [0.1, 0.15) is 21.6 Å². The molecule has 7 heteroatoms. The van der Waals surface area contributed by atoms with Crippen molar-refractivity contribution in [3.05, 3.63) is 65.1 Å². The molecular formula is C21H18FN3O3. The van der Waals surface area contributed by atoms with Crippen LogP contribution in [0.25, 0.3) is 11.3 Å². The Morgan fingerprint density at radius 3 is 2.54 bits per heavy atom. The van der Waals surface area contributed by atoms with E-state index in [0.29, 0.717) is 18.8 Å². The molecule has 0 fully saturated rings. The second-order valence-corrected chi connectivity index (χ2v) is 7.00. The minimum Gasteiger partial charge on any atom is -0.454 e. The zero-order chi connectivity index (χ0) is 19.3. The van der Waals surface area contributed by atoms with Crippen molar-refractivity contribution in [1.29, 1.82) is 0 Å². The highest BCUT2D eigenvalue weighted by Gasteiger charge is 2.27. The Morgan fingerprint density at radius 1 is 1.07 bits per heavy atom. The largest absolute Gasteiger partial charge is 0.454 e. The van der Waals surface area contributed by atoms with Crippen molar-refractivity contribution in [2.45, 2.75) is 13.0 Å². The molecule has 0 spiro atoms. The molecule has 0 radical (unpaired) electrons. The average molecular weight is 379 g/mol. The van der Waals surface area contributed by atoms with E-state index in [1.807, 2.05) is 12.1 Å². The molecule has 3 heterocycles. The van der Waals surface area contributed by atoms with Crippen LogP contribution in [-0.4, -0.2) is 33.9 Å².